The monoisotopic (exact) mass is 326 g/mol. The van der Waals surface area contributed by atoms with Gasteiger partial charge in [-0.1, -0.05) is 32.0 Å². The summed E-state index contributed by atoms with van der Waals surface area (Å²) in [6, 6.07) is 7.81. The molecular formula is C19H26N4O. The highest BCUT2D eigenvalue weighted by molar-refractivity contribution is 5.93. The zero-order valence-corrected chi connectivity index (χ0v) is 15.1. The Kier molecular flexibility index (Phi) is 5.90. The molecule has 2 N–H and O–H groups in total. The molecule has 0 aliphatic heterocycles. The second-order valence-electron chi connectivity index (χ2n) is 6.52. The highest BCUT2D eigenvalue weighted by Crippen LogP contribution is 2.23. The first-order valence-corrected chi connectivity index (χ1v) is 8.34. The van der Waals surface area contributed by atoms with Crippen molar-refractivity contribution < 1.29 is 4.79 Å². The molecule has 0 aliphatic carbocycles. The summed E-state index contributed by atoms with van der Waals surface area (Å²) in [5.41, 5.74) is 3.67. The summed E-state index contributed by atoms with van der Waals surface area (Å²) in [5, 5.41) is 6.23. The number of carbonyl (C=O) groups excluding carboxylic acids is 1. The van der Waals surface area contributed by atoms with Crippen LogP contribution in [0.4, 0.5) is 11.5 Å². The van der Waals surface area contributed by atoms with Crippen LogP contribution < -0.4 is 10.6 Å². The van der Waals surface area contributed by atoms with Crippen LogP contribution in [0.2, 0.25) is 0 Å². The largest absolute Gasteiger partial charge is 0.351 e. The van der Waals surface area contributed by atoms with Crippen molar-refractivity contribution in [3.63, 3.8) is 0 Å². The van der Waals surface area contributed by atoms with Gasteiger partial charge >= 0.3 is 0 Å². The van der Waals surface area contributed by atoms with Gasteiger partial charge < -0.3 is 10.6 Å². The molecule has 0 spiro atoms. The maximum atomic E-state index is 12.3. The van der Waals surface area contributed by atoms with E-state index in [1.807, 2.05) is 32.0 Å². The van der Waals surface area contributed by atoms with Gasteiger partial charge in [-0.15, -0.1) is 0 Å². The number of para-hydroxylation sites is 1. The van der Waals surface area contributed by atoms with Crippen LogP contribution in [0.25, 0.3) is 0 Å². The molecule has 0 saturated heterocycles. The van der Waals surface area contributed by atoms with Crippen LogP contribution in [0.15, 0.2) is 24.3 Å². The van der Waals surface area contributed by atoms with Gasteiger partial charge in [-0.2, -0.15) is 0 Å². The van der Waals surface area contributed by atoms with Crippen molar-refractivity contribution in [2.45, 2.75) is 41.0 Å². The fraction of sp³-hybridized carbons (Fsp3) is 0.421. The van der Waals surface area contributed by atoms with E-state index in [0.717, 1.165) is 23.2 Å². The SMILES string of the molecule is Cc1nc(Nc2c(C)cccc2C)cc(C(=O)NCCC(C)C)n1. The van der Waals surface area contributed by atoms with E-state index in [4.69, 9.17) is 0 Å². The van der Waals surface area contributed by atoms with Crippen molar-refractivity contribution in [1.82, 2.24) is 15.3 Å². The topological polar surface area (TPSA) is 66.9 Å². The van der Waals surface area contributed by atoms with Crippen LogP contribution in [-0.2, 0) is 0 Å². The zero-order valence-electron chi connectivity index (χ0n) is 15.1. The van der Waals surface area contributed by atoms with Gasteiger partial charge in [0.2, 0.25) is 0 Å². The summed E-state index contributed by atoms with van der Waals surface area (Å²) in [5.74, 6) is 1.60. The van der Waals surface area contributed by atoms with Gasteiger partial charge in [-0.3, -0.25) is 4.79 Å². The molecule has 1 amide bonds. The van der Waals surface area contributed by atoms with Gasteiger partial charge in [-0.25, -0.2) is 9.97 Å². The normalized spacial score (nSPS) is 10.8. The number of hydrogen-bond acceptors (Lipinski definition) is 4. The summed E-state index contributed by atoms with van der Waals surface area (Å²) >= 11 is 0. The molecule has 24 heavy (non-hydrogen) atoms. The fourth-order valence-corrected chi connectivity index (χ4v) is 2.45. The van der Waals surface area contributed by atoms with Crippen molar-refractivity contribution in [3.05, 3.63) is 46.9 Å². The lowest BCUT2D eigenvalue weighted by atomic mass is 10.1. The van der Waals surface area contributed by atoms with Crippen LogP contribution >= 0.6 is 0 Å². The predicted octanol–water partition coefficient (Wildman–Crippen LogP) is 3.92. The van der Waals surface area contributed by atoms with Crippen molar-refractivity contribution in [2.24, 2.45) is 5.92 Å². The van der Waals surface area contributed by atoms with Crippen LogP contribution in [0.1, 0.15) is 47.7 Å². The molecule has 1 heterocycles. The zero-order chi connectivity index (χ0) is 17.7. The molecule has 0 aliphatic rings. The van der Waals surface area contributed by atoms with E-state index in [-0.39, 0.29) is 5.91 Å². The molecule has 1 aromatic carbocycles. The molecule has 0 saturated carbocycles. The van der Waals surface area contributed by atoms with E-state index >= 15 is 0 Å². The highest BCUT2D eigenvalue weighted by Gasteiger charge is 2.11. The van der Waals surface area contributed by atoms with Crippen LogP contribution in [0.3, 0.4) is 0 Å². The number of anilines is 2. The summed E-state index contributed by atoms with van der Waals surface area (Å²) in [6.07, 6.45) is 0.948. The van der Waals surface area contributed by atoms with Crippen molar-refractivity contribution in [2.75, 3.05) is 11.9 Å². The highest BCUT2D eigenvalue weighted by atomic mass is 16.1. The number of amides is 1. The van der Waals surface area contributed by atoms with E-state index in [1.165, 1.54) is 0 Å². The van der Waals surface area contributed by atoms with E-state index < -0.39 is 0 Å². The fourth-order valence-electron chi connectivity index (χ4n) is 2.45. The summed E-state index contributed by atoms with van der Waals surface area (Å²) < 4.78 is 0. The summed E-state index contributed by atoms with van der Waals surface area (Å²) in [6.45, 7) is 10.8. The first-order chi connectivity index (χ1) is 11.4. The first-order valence-electron chi connectivity index (χ1n) is 8.34. The van der Waals surface area contributed by atoms with Crippen LogP contribution in [-0.4, -0.2) is 22.4 Å². The van der Waals surface area contributed by atoms with E-state index in [2.05, 4.69) is 34.4 Å². The van der Waals surface area contributed by atoms with Gasteiger partial charge in [-0.05, 0) is 44.2 Å². The number of rotatable bonds is 6. The van der Waals surface area contributed by atoms with Gasteiger partial charge in [0.15, 0.2) is 0 Å². The molecule has 128 valence electrons. The number of nitrogens with zero attached hydrogens (tertiary/aromatic N) is 2. The lowest BCUT2D eigenvalue weighted by Crippen LogP contribution is -2.26. The number of aromatic nitrogens is 2. The smallest absolute Gasteiger partial charge is 0.270 e. The first kappa shape index (κ1) is 17.9. The van der Waals surface area contributed by atoms with Gasteiger partial charge in [0, 0.05) is 18.3 Å². The Labute approximate surface area is 143 Å². The number of benzene rings is 1. The molecule has 2 rings (SSSR count). The molecule has 5 nitrogen and oxygen atoms in total. The van der Waals surface area contributed by atoms with E-state index in [0.29, 0.717) is 29.8 Å². The van der Waals surface area contributed by atoms with Gasteiger partial charge in [0.05, 0.1) is 0 Å². The molecule has 0 unspecified atom stereocenters. The molecule has 5 heteroatoms. The quantitative estimate of drug-likeness (QED) is 0.844. The minimum Gasteiger partial charge on any atom is -0.351 e. The van der Waals surface area contributed by atoms with Gasteiger partial charge in [0.1, 0.15) is 17.3 Å². The Hall–Kier alpha value is -2.43. The molecule has 1 aromatic heterocycles. The molecule has 0 atom stereocenters. The Morgan fingerprint density at radius 2 is 1.79 bits per heavy atom. The summed E-state index contributed by atoms with van der Waals surface area (Å²) in [7, 11) is 0. The lowest BCUT2D eigenvalue weighted by Gasteiger charge is -2.13. The van der Waals surface area contributed by atoms with E-state index in [9.17, 15) is 4.79 Å². The Morgan fingerprint density at radius 3 is 2.42 bits per heavy atom. The lowest BCUT2D eigenvalue weighted by molar-refractivity contribution is 0.0946. The average Bonchev–Trinajstić information content (AvgIpc) is 2.50. The van der Waals surface area contributed by atoms with Crippen molar-refractivity contribution >= 4 is 17.4 Å². The third-order valence-corrected chi connectivity index (χ3v) is 3.81. The number of hydrogen-bond donors (Lipinski definition) is 2. The average molecular weight is 326 g/mol. The third-order valence-electron chi connectivity index (χ3n) is 3.81. The van der Waals surface area contributed by atoms with E-state index in [1.54, 1.807) is 13.0 Å². The Morgan fingerprint density at radius 1 is 1.12 bits per heavy atom. The Balaban J connectivity index is 2.18. The summed E-state index contributed by atoms with van der Waals surface area (Å²) in [4.78, 5) is 20.9. The molecule has 0 radical (unpaired) electrons. The Bertz CT molecular complexity index is 705. The molecule has 0 fully saturated rings. The van der Waals surface area contributed by atoms with Crippen molar-refractivity contribution in [3.8, 4) is 0 Å². The number of carbonyl (C=O) groups is 1. The third kappa shape index (κ3) is 4.78. The molecule has 0 bridgehead atoms. The molecule has 2 aromatic rings. The second-order valence-corrected chi connectivity index (χ2v) is 6.52. The van der Waals surface area contributed by atoms with Gasteiger partial charge in [0.25, 0.3) is 5.91 Å². The minimum atomic E-state index is -0.161. The van der Waals surface area contributed by atoms with Crippen LogP contribution in [0.5, 0.6) is 0 Å². The minimum absolute atomic E-state index is 0.161. The van der Waals surface area contributed by atoms with Crippen molar-refractivity contribution in [1.29, 1.82) is 0 Å². The standard InChI is InChI=1S/C19H26N4O/c1-12(2)9-10-20-19(24)16-11-17(22-15(5)21-16)23-18-13(3)7-6-8-14(18)4/h6-8,11-12H,9-10H2,1-5H3,(H,20,24)(H,21,22,23). The second kappa shape index (κ2) is 7.90. The maximum absolute atomic E-state index is 12.3. The maximum Gasteiger partial charge on any atom is 0.270 e. The number of nitrogens with one attached hydrogen (secondary N) is 2. The van der Waals surface area contributed by atoms with Crippen LogP contribution in [0, 0.1) is 26.7 Å². The molecular weight excluding hydrogens is 300 g/mol. The number of aryl methyl sites for hydroxylation is 3. The predicted molar refractivity (Wildman–Crippen MR) is 97.8 cm³/mol.